The van der Waals surface area contributed by atoms with E-state index in [2.05, 4.69) is 20.5 Å². The van der Waals surface area contributed by atoms with Crippen LogP contribution in [-0.4, -0.2) is 32.8 Å². The third kappa shape index (κ3) is 2.46. The van der Waals surface area contributed by atoms with E-state index in [4.69, 9.17) is 4.74 Å². The van der Waals surface area contributed by atoms with Crippen LogP contribution in [0.15, 0.2) is 29.1 Å². The first-order valence-electron chi connectivity index (χ1n) is 6.63. The number of nitrogens with one attached hydrogen (secondary N) is 3. The van der Waals surface area contributed by atoms with Gasteiger partial charge in [-0.1, -0.05) is 0 Å². The van der Waals surface area contributed by atoms with Crippen LogP contribution in [0.5, 0.6) is 5.75 Å². The van der Waals surface area contributed by atoms with E-state index in [9.17, 15) is 9.59 Å². The van der Waals surface area contributed by atoms with Crippen LogP contribution in [0.25, 0.3) is 10.9 Å². The zero-order valence-electron chi connectivity index (χ0n) is 12.1. The van der Waals surface area contributed by atoms with Crippen molar-refractivity contribution in [3.63, 3.8) is 0 Å². The monoisotopic (exact) mass is 301 g/mol. The number of aryl methyl sites for hydroxylation is 1. The Morgan fingerprint density at radius 2 is 2.23 bits per heavy atom. The molecule has 2 heterocycles. The summed E-state index contributed by atoms with van der Waals surface area (Å²) < 4.78 is 6.99. The normalized spacial score (nSPS) is 10.8. The van der Waals surface area contributed by atoms with Crippen LogP contribution in [0.3, 0.4) is 0 Å². The summed E-state index contributed by atoms with van der Waals surface area (Å²) in [6.45, 7) is 0.141. The molecule has 0 radical (unpaired) electrons. The summed E-state index contributed by atoms with van der Waals surface area (Å²) in [5.74, 6) is 0.861. The lowest BCUT2D eigenvalue weighted by Gasteiger charge is -2.05. The molecule has 3 aromatic rings. The van der Waals surface area contributed by atoms with Crippen LogP contribution < -0.4 is 15.7 Å². The fraction of sp³-hybridized carbons (Fsp3) is 0.214. The van der Waals surface area contributed by atoms with Gasteiger partial charge in [-0.15, -0.1) is 0 Å². The number of methoxy groups -OCH3 is 1. The van der Waals surface area contributed by atoms with Gasteiger partial charge in [-0.25, -0.2) is 9.89 Å². The molecule has 8 heteroatoms. The van der Waals surface area contributed by atoms with E-state index in [1.165, 1.54) is 0 Å². The Hall–Kier alpha value is -3.03. The molecule has 1 aromatic carbocycles. The number of H-pyrrole nitrogens is 2. The van der Waals surface area contributed by atoms with Gasteiger partial charge in [0.2, 0.25) is 0 Å². The van der Waals surface area contributed by atoms with E-state index >= 15 is 0 Å². The van der Waals surface area contributed by atoms with Crippen molar-refractivity contribution in [3.8, 4) is 5.75 Å². The van der Waals surface area contributed by atoms with Gasteiger partial charge < -0.3 is 14.6 Å². The maximum atomic E-state index is 12.3. The first-order chi connectivity index (χ1) is 10.6. The highest BCUT2D eigenvalue weighted by atomic mass is 16.5. The molecule has 0 saturated carbocycles. The van der Waals surface area contributed by atoms with Crippen LogP contribution in [0.1, 0.15) is 16.3 Å². The van der Waals surface area contributed by atoms with Crippen LogP contribution in [0.2, 0.25) is 0 Å². The van der Waals surface area contributed by atoms with E-state index in [1.54, 1.807) is 17.7 Å². The highest BCUT2D eigenvalue weighted by Gasteiger charge is 2.14. The molecule has 2 aromatic heterocycles. The van der Waals surface area contributed by atoms with Gasteiger partial charge in [-0.3, -0.25) is 9.78 Å². The van der Waals surface area contributed by atoms with Gasteiger partial charge in [0.15, 0.2) is 0 Å². The van der Waals surface area contributed by atoms with Crippen molar-refractivity contribution in [1.82, 2.24) is 25.1 Å². The number of amides is 1. The standard InChI is InChI=1S/C14H15N5O3/c1-19-10-4-3-9(22-2)5-8(10)6-11(19)13(20)15-7-12-16-14(21)18-17-12/h3-6H,7H2,1-2H3,(H,15,20)(H2,16,17,18,21). The van der Waals surface area contributed by atoms with Gasteiger partial charge in [0.05, 0.1) is 13.7 Å². The highest BCUT2D eigenvalue weighted by molar-refractivity contribution is 5.98. The van der Waals surface area contributed by atoms with E-state index in [1.807, 2.05) is 25.2 Å². The Kier molecular flexibility index (Phi) is 3.42. The van der Waals surface area contributed by atoms with Gasteiger partial charge in [0.25, 0.3) is 5.91 Å². The predicted octanol–water partition coefficient (Wildman–Crippen LogP) is 0.528. The van der Waals surface area contributed by atoms with Gasteiger partial charge in [-0.05, 0) is 24.3 Å². The molecule has 0 aliphatic carbocycles. The second kappa shape index (κ2) is 5.40. The fourth-order valence-electron chi connectivity index (χ4n) is 2.32. The number of carbonyl (C=O) groups excluding carboxylic acids is 1. The molecule has 0 fully saturated rings. The number of hydrogen-bond donors (Lipinski definition) is 3. The van der Waals surface area contributed by atoms with Gasteiger partial charge in [-0.2, -0.15) is 5.10 Å². The smallest absolute Gasteiger partial charge is 0.340 e. The number of rotatable bonds is 4. The molecule has 8 nitrogen and oxygen atoms in total. The number of ether oxygens (including phenoxy) is 1. The minimum Gasteiger partial charge on any atom is -0.497 e. The topological polar surface area (TPSA) is 105 Å². The summed E-state index contributed by atoms with van der Waals surface area (Å²) >= 11 is 0. The highest BCUT2D eigenvalue weighted by Crippen LogP contribution is 2.23. The summed E-state index contributed by atoms with van der Waals surface area (Å²) in [4.78, 5) is 25.7. The molecule has 0 aliphatic heterocycles. The minimum absolute atomic E-state index is 0.141. The van der Waals surface area contributed by atoms with E-state index < -0.39 is 5.69 Å². The van der Waals surface area contributed by atoms with Crippen molar-refractivity contribution < 1.29 is 9.53 Å². The van der Waals surface area contributed by atoms with E-state index in [-0.39, 0.29) is 12.5 Å². The van der Waals surface area contributed by atoms with E-state index in [0.717, 1.165) is 16.7 Å². The number of carbonyl (C=O) groups is 1. The summed E-state index contributed by atoms with van der Waals surface area (Å²) in [5.41, 5.74) is 1.04. The number of benzene rings is 1. The molecule has 0 saturated heterocycles. The maximum Gasteiger partial charge on any atom is 0.340 e. The molecule has 0 bridgehead atoms. The van der Waals surface area contributed by atoms with Crippen molar-refractivity contribution in [3.05, 3.63) is 46.3 Å². The van der Waals surface area contributed by atoms with Gasteiger partial charge in [0.1, 0.15) is 17.3 Å². The lowest BCUT2D eigenvalue weighted by Crippen LogP contribution is -2.25. The second-order valence-corrected chi connectivity index (χ2v) is 4.82. The number of hydrogen-bond acceptors (Lipinski definition) is 4. The van der Waals surface area contributed by atoms with Crippen molar-refractivity contribution in [2.45, 2.75) is 6.54 Å². The van der Waals surface area contributed by atoms with Crippen molar-refractivity contribution in [2.24, 2.45) is 7.05 Å². The average molecular weight is 301 g/mol. The zero-order chi connectivity index (χ0) is 15.7. The maximum absolute atomic E-state index is 12.3. The number of aromatic nitrogens is 4. The van der Waals surface area contributed by atoms with E-state index in [0.29, 0.717) is 11.5 Å². The van der Waals surface area contributed by atoms with Crippen LogP contribution in [0.4, 0.5) is 0 Å². The number of fused-ring (bicyclic) bond motifs is 1. The van der Waals surface area contributed by atoms with Crippen LogP contribution in [0, 0.1) is 0 Å². The third-order valence-corrected chi connectivity index (χ3v) is 3.45. The molecule has 1 amide bonds. The van der Waals surface area contributed by atoms with Crippen molar-refractivity contribution in [1.29, 1.82) is 0 Å². The Labute approximate surface area is 125 Å². The average Bonchev–Trinajstić information content (AvgIpc) is 3.08. The van der Waals surface area contributed by atoms with Gasteiger partial charge in [0, 0.05) is 18.0 Å². The SMILES string of the molecule is COc1ccc2c(c1)cc(C(=O)NCc1n[nH]c(=O)[nH]1)n2C. The van der Waals surface area contributed by atoms with Gasteiger partial charge >= 0.3 is 5.69 Å². The summed E-state index contributed by atoms with van der Waals surface area (Å²) in [7, 11) is 3.42. The second-order valence-electron chi connectivity index (χ2n) is 4.82. The molecule has 3 N–H and O–H groups in total. The Balaban J connectivity index is 1.84. The molecular formula is C14H15N5O3. The Bertz CT molecular complexity index is 889. The Morgan fingerprint density at radius 1 is 1.41 bits per heavy atom. The minimum atomic E-state index is -0.402. The molecule has 3 rings (SSSR count). The van der Waals surface area contributed by atoms with Crippen molar-refractivity contribution >= 4 is 16.8 Å². The van der Waals surface area contributed by atoms with Crippen LogP contribution in [-0.2, 0) is 13.6 Å². The quantitative estimate of drug-likeness (QED) is 0.653. The number of nitrogens with zero attached hydrogens (tertiary/aromatic N) is 2. The third-order valence-electron chi connectivity index (χ3n) is 3.45. The summed E-state index contributed by atoms with van der Waals surface area (Å²) in [5, 5.41) is 9.62. The zero-order valence-corrected chi connectivity index (χ0v) is 12.1. The molecule has 22 heavy (non-hydrogen) atoms. The molecule has 0 aliphatic rings. The molecule has 0 unspecified atom stereocenters. The number of aromatic amines is 2. The fourth-order valence-corrected chi connectivity index (χ4v) is 2.32. The largest absolute Gasteiger partial charge is 0.497 e. The molecular weight excluding hydrogens is 286 g/mol. The first kappa shape index (κ1) is 13.9. The first-order valence-corrected chi connectivity index (χ1v) is 6.63. The molecule has 0 atom stereocenters. The Morgan fingerprint density at radius 3 is 2.91 bits per heavy atom. The molecule has 0 spiro atoms. The van der Waals surface area contributed by atoms with Crippen molar-refractivity contribution in [2.75, 3.05) is 7.11 Å². The lowest BCUT2D eigenvalue weighted by molar-refractivity contribution is 0.0942. The predicted molar refractivity (Wildman–Crippen MR) is 79.8 cm³/mol. The molecule has 114 valence electrons. The van der Waals surface area contributed by atoms with Crippen LogP contribution >= 0.6 is 0 Å². The summed E-state index contributed by atoms with van der Waals surface area (Å²) in [6.07, 6.45) is 0. The lowest BCUT2D eigenvalue weighted by atomic mass is 10.2. The summed E-state index contributed by atoms with van der Waals surface area (Å²) in [6, 6.07) is 7.41.